The lowest BCUT2D eigenvalue weighted by Gasteiger charge is -2.32. The number of carbonyl (C=O) groups is 3. The molecule has 172 valence electrons. The Morgan fingerprint density at radius 3 is 2.44 bits per heavy atom. The van der Waals surface area contributed by atoms with Crippen LogP contribution in [0.5, 0.6) is 5.75 Å². The number of esters is 1. The van der Waals surface area contributed by atoms with Gasteiger partial charge in [0, 0.05) is 35.2 Å². The molecule has 2 aliphatic heterocycles. The van der Waals surface area contributed by atoms with Gasteiger partial charge >= 0.3 is 5.97 Å². The topological polar surface area (TPSA) is 72.9 Å². The van der Waals surface area contributed by atoms with Gasteiger partial charge in [0.15, 0.2) is 11.2 Å². The molecule has 3 aliphatic rings. The van der Waals surface area contributed by atoms with E-state index in [0.717, 1.165) is 16.3 Å². The van der Waals surface area contributed by atoms with Gasteiger partial charge in [0.1, 0.15) is 5.75 Å². The average molecular weight is 476 g/mol. The molecule has 3 aromatic carbocycles. The maximum Gasteiger partial charge on any atom is 0.328 e. The van der Waals surface area contributed by atoms with Crippen LogP contribution in [0.15, 0.2) is 60.7 Å². The third kappa shape index (κ3) is 2.64. The minimum Gasteiger partial charge on any atom is -0.425 e. The van der Waals surface area contributed by atoms with Gasteiger partial charge in [0.25, 0.3) is 0 Å². The molecule has 2 heterocycles. The first-order chi connectivity index (χ1) is 16.4. The van der Waals surface area contributed by atoms with Crippen LogP contribution in [0.25, 0.3) is 10.8 Å². The summed E-state index contributed by atoms with van der Waals surface area (Å²) in [5.74, 6) is -1.53. The van der Waals surface area contributed by atoms with Crippen LogP contribution in [0.2, 0.25) is 5.02 Å². The number of nitrogens with zero attached hydrogens (tertiary/aromatic N) is 1. The number of ether oxygens (including phenoxy) is 2. The standard InChI is InChI=1S/C27H22ClNO5/c1-26(23(30)17-6-9-18(28)10-7-17)22-21-19-5-3-2-4-16(19)8-11-20(21)34-25(32)27(22,26)24(31)29-12-14-33-15-13-29/h2-11,22H,12-15H2,1H3/t22-,26+,27-/m0/s1. The van der Waals surface area contributed by atoms with Crippen LogP contribution in [-0.2, 0) is 14.3 Å². The van der Waals surface area contributed by atoms with E-state index >= 15 is 0 Å². The first-order valence-corrected chi connectivity index (χ1v) is 11.7. The van der Waals surface area contributed by atoms with Gasteiger partial charge in [-0.2, -0.15) is 0 Å². The van der Waals surface area contributed by atoms with Crippen LogP contribution in [0, 0.1) is 10.8 Å². The predicted octanol–water partition coefficient (Wildman–Crippen LogP) is 4.24. The van der Waals surface area contributed by atoms with Crippen LogP contribution in [0.1, 0.15) is 28.8 Å². The van der Waals surface area contributed by atoms with Crippen molar-refractivity contribution in [2.75, 3.05) is 26.3 Å². The maximum atomic E-state index is 14.1. The van der Waals surface area contributed by atoms with Gasteiger partial charge < -0.3 is 14.4 Å². The molecule has 0 N–H and O–H groups in total. The zero-order valence-electron chi connectivity index (χ0n) is 18.5. The Labute approximate surface area is 201 Å². The molecule has 1 saturated carbocycles. The summed E-state index contributed by atoms with van der Waals surface area (Å²) in [7, 11) is 0. The smallest absolute Gasteiger partial charge is 0.328 e. The summed E-state index contributed by atoms with van der Waals surface area (Å²) in [4.78, 5) is 43.4. The van der Waals surface area contributed by atoms with Crippen LogP contribution in [-0.4, -0.2) is 48.9 Å². The summed E-state index contributed by atoms with van der Waals surface area (Å²) in [6.07, 6.45) is 0. The summed E-state index contributed by atoms with van der Waals surface area (Å²) in [6.45, 7) is 3.25. The van der Waals surface area contributed by atoms with E-state index < -0.39 is 22.7 Å². The second-order valence-corrected chi connectivity index (χ2v) is 9.71. The first-order valence-electron chi connectivity index (χ1n) is 11.3. The molecule has 1 aliphatic carbocycles. The maximum absolute atomic E-state index is 14.1. The quantitative estimate of drug-likeness (QED) is 0.245. The lowest BCUT2D eigenvalue weighted by molar-refractivity contribution is -0.156. The van der Waals surface area contributed by atoms with E-state index in [4.69, 9.17) is 21.1 Å². The van der Waals surface area contributed by atoms with Crippen LogP contribution >= 0.6 is 11.6 Å². The Morgan fingerprint density at radius 2 is 1.71 bits per heavy atom. The lowest BCUT2D eigenvalue weighted by Crippen LogP contribution is -2.50. The largest absolute Gasteiger partial charge is 0.425 e. The minimum absolute atomic E-state index is 0.270. The van der Waals surface area contributed by atoms with Crippen molar-refractivity contribution in [2.24, 2.45) is 10.8 Å². The van der Waals surface area contributed by atoms with Gasteiger partial charge in [-0.15, -0.1) is 0 Å². The van der Waals surface area contributed by atoms with Crippen molar-refractivity contribution in [3.63, 3.8) is 0 Å². The summed E-state index contributed by atoms with van der Waals surface area (Å²) < 4.78 is 11.2. The summed E-state index contributed by atoms with van der Waals surface area (Å²) in [5.41, 5.74) is -1.78. The molecule has 0 unspecified atom stereocenters. The van der Waals surface area contributed by atoms with Crippen molar-refractivity contribution in [3.05, 3.63) is 76.8 Å². The van der Waals surface area contributed by atoms with Crippen molar-refractivity contribution < 1.29 is 23.9 Å². The first kappa shape index (κ1) is 21.3. The minimum atomic E-state index is -1.63. The molecule has 1 saturated heterocycles. The molecule has 0 radical (unpaired) electrons. The number of carbonyl (C=O) groups excluding carboxylic acids is 3. The predicted molar refractivity (Wildman–Crippen MR) is 126 cm³/mol. The van der Waals surface area contributed by atoms with E-state index in [0.29, 0.717) is 42.6 Å². The SMILES string of the molecule is C[C@]1(C(=O)c2ccc(Cl)cc2)[C@@H]2c3c(ccc4ccccc34)OC(=O)[C@@]21C(=O)N1CCOCC1. The monoisotopic (exact) mass is 475 g/mol. The normalized spacial score (nSPS) is 27.5. The molecule has 2 fully saturated rings. The van der Waals surface area contributed by atoms with Crippen LogP contribution < -0.4 is 4.74 Å². The summed E-state index contributed by atoms with van der Waals surface area (Å²) in [6, 6.07) is 18.0. The summed E-state index contributed by atoms with van der Waals surface area (Å²) in [5, 5.41) is 2.34. The average Bonchev–Trinajstić information content (AvgIpc) is 3.46. The zero-order chi connectivity index (χ0) is 23.7. The Kier molecular flexibility index (Phi) is 4.63. The van der Waals surface area contributed by atoms with Crippen molar-refractivity contribution in [1.29, 1.82) is 0 Å². The Bertz CT molecular complexity index is 1360. The molecule has 7 heteroatoms. The lowest BCUT2D eigenvalue weighted by atomic mass is 9.86. The van der Waals surface area contributed by atoms with Gasteiger partial charge in [-0.1, -0.05) is 41.9 Å². The number of ketones is 1. The van der Waals surface area contributed by atoms with Crippen molar-refractivity contribution in [3.8, 4) is 5.75 Å². The molecule has 0 aromatic heterocycles. The Morgan fingerprint density at radius 1 is 1.00 bits per heavy atom. The molecule has 3 aromatic rings. The van der Waals surface area contributed by atoms with E-state index in [1.54, 1.807) is 42.2 Å². The highest BCUT2D eigenvalue weighted by Crippen LogP contribution is 2.79. The fourth-order valence-corrected chi connectivity index (χ4v) is 6.08. The number of Topliss-reactive ketones (excluding diaryl/α,β-unsaturated/α-hetero) is 1. The highest BCUT2D eigenvalue weighted by molar-refractivity contribution is 6.30. The fourth-order valence-electron chi connectivity index (χ4n) is 5.96. The molecule has 3 atom stereocenters. The molecule has 34 heavy (non-hydrogen) atoms. The second-order valence-electron chi connectivity index (χ2n) is 9.27. The highest BCUT2D eigenvalue weighted by Gasteiger charge is 2.88. The van der Waals surface area contributed by atoms with Gasteiger partial charge in [-0.05, 0) is 48.0 Å². The van der Waals surface area contributed by atoms with Crippen molar-refractivity contribution >= 4 is 40.0 Å². The molecule has 6 nitrogen and oxygen atoms in total. The molecular weight excluding hydrogens is 454 g/mol. The van der Waals surface area contributed by atoms with Gasteiger partial charge in [0.05, 0.1) is 18.6 Å². The number of rotatable bonds is 3. The van der Waals surface area contributed by atoms with Gasteiger partial charge in [-0.3, -0.25) is 14.4 Å². The van der Waals surface area contributed by atoms with Crippen molar-refractivity contribution in [2.45, 2.75) is 12.8 Å². The number of morpholine rings is 1. The summed E-state index contributed by atoms with van der Waals surface area (Å²) >= 11 is 6.04. The zero-order valence-corrected chi connectivity index (χ0v) is 19.3. The molecule has 1 amide bonds. The van der Waals surface area contributed by atoms with E-state index in [1.165, 1.54) is 0 Å². The molecule has 0 spiro atoms. The number of fused-ring (bicyclic) bond motifs is 5. The van der Waals surface area contributed by atoms with E-state index in [9.17, 15) is 14.4 Å². The van der Waals surface area contributed by atoms with Crippen LogP contribution in [0.3, 0.4) is 0 Å². The molecule has 6 rings (SSSR count). The molecule has 0 bridgehead atoms. The number of hydrogen-bond donors (Lipinski definition) is 0. The van der Waals surface area contributed by atoms with Gasteiger partial charge in [-0.25, -0.2) is 0 Å². The number of benzene rings is 3. The second kappa shape index (κ2) is 7.39. The highest BCUT2D eigenvalue weighted by atomic mass is 35.5. The Hall–Kier alpha value is -3.22. The van der Waals surface area contributed by atoms with Gasteiger partial charge in [0.2, 0.25) is 5.91 Å². The fraction of sp³-hybridized carbons (Fsp3) is 0.296. The van der Waals surface area contributed by atoms with E-state index in [1.807, 2.05) is 30.3 Å². The van der Waals surface area contributed by atoms with Crippen LogP contribution in [0.4, 0.5) is 0 Å². The third-order valence-electron chi connectivity index (χ3n) is 7.70. The molecular formula is C27H22ClNO5. The third-order valence-corrected chi connectivity index (χ3v) is 7.96. The van der Waals surface area contributed by atoms with Crippen molar-refractivity contribution in [1.82, 2.24) is 4.90 Å². The van der Waals surface area contributed by atoms with E-state index in [2.05, 4.69) is 0 Å². The van der Waals surface area contributed by atoms with E-state index in [-0.39, 0.29) is 11.7 Å². The number of hydrogen-bond acceptors (Lipinski definition) is 5. The Balaban J connectivity index is 1.57. The number of halogens is 1. The number of amides is 1.